The van der Waals surface area contributed by atoms with Gasteiger partial charge in [-0.15, -0.1) is 0 Å². The Bertz CT molecular complexity index is 726. The van der Waals surface area contributed by atoms with Crippen LogP contribution in [0.15, 0.2) is 54.6 Å². The van der Waals surface area contributed by atoms with Crippen LogP contribution in [0.1, 0.15) is 29.5 Å². The van der Waals surface area contributed by atoms with Gasteiger partial charge in [0.1, 0.15) is 6.04 Å². The molecule has 2 aromatic rings. The number of amides is 1. The van der Waals surface area contributed by atoms with Crippen molar-refractivity contribution < 1.29 is 14.7 Å². The molecule has 1 N–H and O–H groups in total. The van der Waals surface area contributed by atoms with Crippen LogP contribution in [0.5, 0.6) is 0 Å². The Balaban J connectivity index is 1.90. The van der Waals surface area contributed by atoms with Crippen LogP contribution >= 0.6 is 0 Å². The van der Waals surface area contributed by atoms with Gasteiger partial charge in [-0.05, 0) is 23.6 Å². The SMILES string of the molecule is CC(C(=O)N1Cc2ccccc2CC1C(=O)O)c1ccccc1. The molecule has 118 valence electrons. The van der Waals surface area contributed by atoms with Crippen molar-refractivity contribution in [2.45, 2.75) is 31.8 Å². The number of nitrogens with zero attached hydrogens (tertiary/aromatic N) is 1. The summed E-state index contributed by atoms with van der Waals surface area (Å²) < 4.78 is 0. The van der Waals surface area contributed by atoms with E-state index in [-0.39, 0.29) is 11.8 Å². The van der Waals surface area contributed by atoms with Gasteiger partial charge in [0.2, 0.25) is 5.91 Å². The molecule has 3 rings (SSSR count). The predicted octanol–water partition coefficient (Wildman–Crippen LogP) is 2.83. The van der Waals surface area contributed by atoms with Crippen molar-refractivity contribution in [3.63, 3.8) is 0 Å². The molecule has 1 aliphatic heterocycles. The first-order valence-electron chi connectivity index (χ1n) is 7.73. The Hall–Kier alpha value is -2.62. The van der Waals surface area contributed by atoms with Gasteiger partial charge in [-0.25, -0.2) is 4.79 Å². The summed E-state index contributed by atoms with van der Waals surface area (Å²) >= 11 is 0. The molecule has 0 aliphatic carbocycles. The zero-order valence-electron chi connectivity index (χ0n) is 13.0. The predicted molar refractivity (Wildman–Crippen MR) is 87.0 cm³/mol. The maximum absolute atomic E-state index is 12.9. The third-order valence-corrected chi connectivity index (χ3v) is 4.49. The van der Waals surface area contributed by atoms with Crippen molar-refractivity contribution in [2.75, 3.05) is 0 Å². The minimum absolute atomic E-state index is 0.141. The van der Waals surface area contributed by atoms with E-state index in [1.165, 1.54) is 4.90 Å². The van der Waals surface area contributed by atoms with Crippen LogP contribution in [0, 0.1) is 0 Å². The Kier molecular flexibility index (Phi) is 4.15. The highest BCUT2D eigenvalue weighted by Crippen LogP contribution is 2.27. The van der Waals surface area contributed by atoms with Crippen LogP contribution in [0.2, 0.25) is 0 Å². The number of carbonyl (C=O) groups is 2. The normalized spacial score (nSPS) is 18.1. The number of benzene rings is 2. The number of carboxylic acid groups (broad SMARTS) is 1. The molecule has 23 heavy (non-hydrogen) atoms. The average Bonchev–Trinajstić information content (AvgIpc) is 2.60. The molecule has 2 aromatic carbocycles. The number of hydrogen-bond acceptors (Lipinski definition) is 2. The van der Waals surface area contributed by atoms with Gasteiger partial charge < -0.3 is 10.0 Å². The number of carbonyl (C=O) groups excluding carboxylic acids is 1. The number of fused-ring (bicyclic) bond motifs is 1. The van der Waals surface area contributed by atoms with Crippen LogP contribution in [-0.2, 0) is 22.6 Å². The van der Waals surface area contributed by atoms with Crippen LogP contribution in [-0.4, -0.2) is 27.9 Å². The van der Waals surface area contributed by atoms with Crippen LogP contribution in [0.4, 0.5) is 0 Å². The third kappa shape index (κ3) is 2.97. The van der Waals surface area contributed by atoms with Crippen molar-refractivity contribution in [1.82, 2.24) is 4.90 Å². The van der Waals surface area contributed by atoms with Crippen molar-refractivity contribution in [1.29, 1.82) is 0 Å². The summed E-state index contributed by atoms with van der Waals surface area (Å²) in [6, 6.07) is 16.4. The molecular weight excluding hydrogens is 290 g/mol. The molecule has 0 saturated heterocycles. The maximum Gasteiger partial charge on any atom is 0.326 e. The lowest BCUT2D eigenvalue weighted by Crippen LogP contribution is -2.49. The van der Waals surface area contributed by atoms with Crippen LogP contribution in [0.3, 0.4) is 0 Å². The first kappa shape index (κ1) is 15.3. The summed E-state index contributed by atoms with van der Waals surface area (Å²) in [7, 11) is 0. The number of carboxylic acids is 1. The van der Waals surface area contributed by atoms with Crippen LogP contribution < -0.4 is 0 Å². The van der Waals surface area contributed by atoms with Gasteiger partial charge in [0, 0.05) is 13.0 Å². The molecular formula is C19H19NO3. The minimum atomic E-state index is -0.951. The molecule has 2 unspecified atom stereocenters. The van der Waals surface area contributed by atoms with Gasteiger partial charge in [-0.1, -0.05) is 54.6 Å². The van der Waals surface area contributed by atoms with Crippen LogP contribution in [0.25, 0.3) is 0 Å². The quantitative estimate of drug-likeness (QED) is 0.948. The summed E-state index contributed by atoms with van der Waals surface area (Å²) in [5.41, 5.74) is 2.94. The molecule has 0 fully saturated rings. The highest BCUT2D eigenvalue weighted by atomic mass is 16.4. The Morgan fingerprint density at radius 1 is 1.04 bits per heavy atom. The summed E-state index contributed by atoms with van der Waals surface area (Å²) in [4.78, 5) is 26.0. The van der Waals surface area contributed by atoms with E-state index in [2.05, 4.69) is 0 Å². The molecule has 0 bridgehead atoms. The number of hydrogen-bond donors (Lipinski definition) is 1. The maximum atomic E-state index is 12.9. The van der Waals surface area contributed by atoms with Crippen molar-refractivity contribution in [3.05, 3.63) is 71.3 Å². The third-order valence-electron chi connectivity index (χ3n) is 4.49. The zero-order chi connectivity index (χ0) is 16.4. The summed E-state index contributed by atoms with van der Waals surface area (Å²) in [5.74, 6) is -1.45. The second-order valence-electron chi connectivity index (χ2n) is 5.93. The average molecular weight is 309 g/mol. The molecule has 0 aromatic heterocycles. The first-order chi connectivity index (χ1) is 11.1. The minimum Gasteiger partial charge on any atom is -0.480 e. The Morgan fingerprint density at radius 3 is 2.30 bits per heavy atom. The van der Waals surface area contributed by atoms with Crippen molar-refractivity contribution >= 4 is 11.9 Å². The Morgan fingerprint density at radius 2 is 1.65 bits per heavy atom. The van der Waals surface area contributed by atoms with E-state index in [4.69, 9.17) is 0 Å². The molecule has 1 heterocycles. The molecule has 1 aliphatic rings. The zero-order valence-corrected chi connectivity index (χ0v) is 13.0. The number of rotatable bonds is 3. The topological polar surface area (TPSA) is 57.6 Å². The van der Waals surface area contributed by atoms with E-state index in [0.717, 1.165) is 16.7 Å². The van der Waals surface area contributed by atoms with E-state index in [9.17, 15) is 14.7 Å². The van der Waals surface area contributed by atoms with E-state index in [0.29, 0.717) is 13.0 Å². The van der Waals surface area contributed by atoms with E-state index >= 15 is 0 Å². The van der Waals surface area contributed by atoms with E-state index in [1.807, 2.05) is 61.5 Å². The van der Waals surface area contributed by atoms with Crippen molar-refractivity contribution in [3.8, 4) is 0 Å². The molecule has 0 spiro atoms. The van der Waals surface area contributed by atoms with Gasteiger partial charge in [0.05, 0.1) is 5.92 Å². The lowest BCUT2D eigenvalue weighted by atomic mass is 9.91. The standard InChI is InChI=1S/C19H19NO3/c1-13(14-7-3-2-4-8-14)18(21)20-12-16-10-6-5-9-15(16)11-17(20)19(22)23/h2-10,13,17H,11-12H2,1H3,(H,22,23). The van der Waals surface area contributed by atoms with Gasteiger partial charge in [0.25, 0.3) is 0 Å². The van der Waals surface area contributed by atoms with Gasteiger partial charge in [-0.2, -0.15) is 0 Å². The van der Waals surface area contributed by atoms with E-state index in [1.54, 1.807) is 0 Å². The molecule has 0 radical (unpaired) electrons. The fourth-order valence-electron chi connectivity index (χ4n) is 3.11. The summed E-state index contributed by atoms with van der Waals surface area (Å²) in [6.07, 6.45) is 0.360. The number of aliphatic carboxylic acids is 1. The smallest absolute Gasteiger partial charge is 0.326 e. The van der Waals surface area contributed by atoms with E-state index < -0.39 is 12.0 Å². The molecule has 2 atom stereocenters. The second-order valence-corrected chi connectivity index (χ2v) is 5.93. The first-order valence-corrected chi connectivity index (χ1v) is 7.73. The van der Waals surface area contributed by atoms with Crippen molar-refractivity contribution in [2.24, 2.45) is 0 Å². The molecule has 4 nitrogen and oxygen atoms in total. The summed E-state index contributed by atoms with van der Waals surface area (Å²) in [6.45, 7) is 2.18. The monoisotopic (exact) mass is 309 g/mol. The molecule has 0 saturated carbocycles. The van der Waals surface area contributed by atoms with Gasteiger partial charge in [0.15, 0.2) is 0 Å². The second kappa shape index (κ2) is 6.24. The fraction of sp³-hybridized carbons (Fsp3) is 0.263. The van der Waals surface area contributed by atoms with Gasteiger partial charge >= 0.3 is 5.97 Å². The van der Waals surface area contributed by atoms with Gasteiger partial charge in [-0.3, -0.25) is 4.79 Å². The lowest BCUT2D eigenvalue weighted by molar-refractivity contribution is -0.151. The Labute approximate surface area is 135 Å². The lowest BCUT2D eigenvalue weighted by Gasteiger charge is -2.36. The highest BCUT2D eigenvalue weighted by molar-refractivity contribution is 5.88. The fourth-order valence-corrected chi connectivity index (χ4v) is 3.11. The molecule has 1 amide bonds. The summed E-state index contributed by atoms with van der Waals surface area (Å²) in [5, 5.41) is 9.54. The largest absolute Gasteiger partial charge is 0.480 e. The molecule has 4 heteroatoms. The highest BCUT2D eigenvalue weighted by Gasteiger charge is 2.36.